The summed E-state index contributed by atoms with van der Waals surface area (Å²) < 4.78 is 8.06. The third kappa shape index (κ3) is 9.76. The predicted octanol–water partition coefficient (Wildman–Crippen LogP) is -0.505. The van der Waals surface area contributed by atoms with Gasteiger partial charge in [0.1, 0.15) is 0 Å². The van der Waals surface area contributed by atoms with Gasteiger partial charge in [0.15, 0.2) is 0 Å². The van der Waals surface area contributed by atoms with Crippen LogP contribution in [0, 0.1) is 0 Å². The van der Waals surface area contributed by atoms with Crippen molar-refractivity contribution in [3.8, 4) is 0 Å². The van der Waals surface area contributed by atoms with Crippen LogP contribution in [0.4, 0.5) is 0 Å². The molecular formula is OSiVZr. The van der Waals surface area contributed by atoms with Gasteiger partial charge < -0.3 is 4.46 Å². The molecule has 1 nitrogen and oxygen atoms in total. The minimum Gasteiger partial charge on any atom is -0.381 e. The zero-order chi connectivity index (χ0) is 2.00. The van der Waals surface area contributed by atoms with Crippen LogP contribution in [0.15, 0.2) is 0 Å². The van der Waals surface area contributed by atoms with E-state index in [1.165, 1.54) is 0 Å². The van der Waals surface area contributed by atoms with Gasteiger partial charge in [0.05, 0.1) is 0 Å². The zero-order valence-corrected chi connectivity index (χ0v) is 6.71. The van der Waals surface area contributed by atoms with Crippen LogP contribution < -0.4 is 0 Å². The van der Waals surface area contributed by atoms with E-state index < -0.39 is 0 Å². The van der Waals surface area contributed by atoms with Gasteiger partial charge >= 0.3 is 10.1 Å². The average molecular weight is 186 g/mol. The molecule has 0 aliphatic rings. The van der Waals surface area contributed by atoms with E-state index in [2.05, 4.69) is 0 Å². The number of rotatable bonds is 0. The van der Waals surface area contributed by atoms with Crippen LogP contribution in [-0.2, 0) is 49.2 Å². The van der Waals surface area contributed by atoms with Gasteiger partial charge in [-0.05, 0) is 0 Å². The van der Waals surface area contributed by atoms with Crippen LogP contribution in [0.2, 0.25) is 0 Å². The summed E-state index contributed by atoms with van der Waals surface area (Å²) in [6, 6.07) is 0. The average Bonchev–Trinajstić information content (AvgIpc) is 1.00. The van der Waals surface area contributed by atoms with E-state index in [0.29, 0.717) is 0 Å². The maximum absolute atomic E-state index is 8.06. The summed E-state index contributed by atoms with van der Waals surface area (Å²) in [6.07, 6.45) is 0. The first kappa shape index (κ1) is 17.9. The van der Waals surface area contributed by atoms with Crippen molar-refractivity contribution >= 4 is 10.1 Å². The SMILES string of the molecule is O=[Si].[V].[Zr]. The molecule has 0 amide bonds. The Morgan fingerprint density at radius 3 is 1.25 bits per heavy atom. The van der Waals surface area contributed by atoms with Crippen molar-refractivity contribution in [2.45, 2.75) is 0 Å². The minimum atomic E-state index is 0. The first-order valence-electron chi connectivity index (χ1n) is 0.204. The second-order valence-electron chi connectivity index (χ2n) is 0. The van der Waals surface area contributed by atoms with Crippen molar-refractivity contribution in [2.24, 2.45) is 0 Å². The van der Waals surface area contributed by atoms with E-state index in [-0.39, 0.29) is 44.8 Å². The fourth-order valence-corrected chi connectivity index (χ4v) is 0. The molecule has 0 atom stereocenters. The summed E-state index contributed by atoms with van der Waals surface area (Å²) >= 11 is 0. The maximum atomic E-state index is 8.06. The molecule has 0 heterocycles. The molecule has 0 unspecified atom stereocenters. The molecule has 4 heavy (non-hydrogen) atoms. The van der Waals surface area contributed by atoms with E-state index in [1.807, 2.05) is 0 Å². The Morgan fingerprint density at radius 1 is 1.25 bits per heavy atom. The Balaban J connectivity index is -0.00000000500. The van der Waals surface area contributed by atoms with Crippen LogP contribution in [-0.4, -0.2) is 10.1 Å². The van der Waals surface area contributed by atoms with E-state index >= 15 is 0 Å². The molecule has 0 N–H and O–H groups in total. The summed E-state index contributed by atoms with van der Waals surface area (Å²) in [5, 5.41) is 0. The molecule has 0 saturated heterocycles. The van der Waals surface area contributed by atoms with Crippen molar-refractivity contribution in [3.05, 3.63) is 0 Å². The third-order valence-electron chi connectivity index (χ3n) is 0. The Labute approximate surface area is 59.0 Å². The van der Waals surface area contributed by atoms with Gasteiger partial charge in [0.2, 0.25) is 0 Å². The largest absolute Gasteiger partial charge is 0.381 e. The molecule has 0 aromatic rings. The molecule has 0 aromatic heterocycles. The molecule has 4 heteroatoms. The topological polar surface area (TPSA) is 17.1 Å². The first-order chi connectivity index (χ1) is 1.00. The summed E-state index contributed by atoms with van der Waals surface area (Å²) in [5.74, 6) is 0. The number of hydrogen-bond acceptors (Lipinski definition) is 1. The summed E-state index contributed by atoms with van der Waals surface area (Å²) in [4.78, 5) is 0. The van der Waals surface area contributed by atoms with Crippen LogP contribution in [0.25, 0.3) is 0 Å². The van der Waals surface area contributed by atoms with E-state index in [0.717, 1.165) is 0 Å². The Hall–Kier alpha value is 1.48. The quantitative estimate of drug-likeness (QED) is 0.466. The third-order valence-corrected chi connectivity index (χ3v) is 0. The molecular weight excluding hydrogens is 186 g/mol. The van der Waals surface area contributed by atoms with Crippen molar-refractivity contribution < 1.29 is 49.2 Å². The predicted molar refractivity (Wildman–Crippen MR) is 6.44 cm³/mol. The molecule has 0 fully saturated rings. The fraction of sp³-hybridized carbons (Fsp3) is 0. The second-order valence-corrected chi connectivity index (χ2v) is 0. The molecule has 0 bridgehead atoms. The van der Waals surface area contributed by atoms with E-state index in [1.54, 1.807) is 10.1 Å². The van der Waals surface area contributed by atoms with Crippen LogP contribution >= 0.6 is 0 Å². The molecule has 0 aliphatic heterocycles. The van der Waals surface area contributed by atoms with Crippen LogP contribution in [0.1, 0.15) is 0 Å². The molecule has 0 saturated carbocycles. The number of hydrogen-bond donors (Lipinski definition) is 0. The maximum Gasteiger partial charge on any atom is 0.381 e. The van der Waals surface area contributed by atoms with E-state index in [9.17, 15) is 0 Å². The van der Waals surface area contributed by atoms with Gasteiger partial charge in [-0.1, -0.05) is 0 Å². The van der Waals surface area contributed by atoms with Gasteiger partial charge in [-0.2, -0.15) is 0 Å². The van der Waals surface area contributed by atoms with Gasteiger partial charge in [-0.25, -0.2) is 0 Å². The molecule has 19 valence electrons. The monoisotopic (exact) mass is 185 g/mol. The van der Waals surface area contributed by atoms with Gasteiger partial charge in [0.25, 0.3) is 0 Å². The van der Waals surface area contributed by atoms with Crippen molar-refractivity contribution in [2.75, 3.05) is 0 Å². The summed E-state index contributed by atoms with van der Waals surface area (Å²) in [7, 11) is 1.72. The molecule has 3 radical (unpaired) electrons. The Kier molecular flexibility index (Phi) is 110. The van der Waals surface area contributed by atoms with Gasteiger partial charge in [-0.15, -0.1) is 0 Å². The second kappa shape index (κ2) is 24.7. The fourth-order valence-electron chi connectivity index (χ4n) is 0. The standard InChI is InChI=1S/OSi.V.Zr/c1-2;;. The first-order valence-corrected chi connectivity index (χ1v) is 0.612. The zero-order valence-electron chi connectivity index (χ0n) is 1.86. The van der Waals surface area contributed by atoms with E-state index in [4.69, 9.17) is 4.46 Å². The molecule has 0 aromatic carbocycles. The van der Waals surface area contributed by atoms with Crippen molar-refractivity contribution in [1.82, 2.24) is 0 Å². The van der Waals surface area contributed by atoms with Gasteiger partial charge in [-0.3, -0.25) is 0 Å². The Bertz CT molecular complexity index is 8.00. The normalized spacial score (nSPS) is 1.00. The smallest absolute Gasteiger partial charge is 0.381 e. The molecule has 0 aliphatic carbocycles. The van der Waals surface area contributed by atoms with Crippen molar-refractivity contribution in [1.29, 1.82) is 0 Å². The summed E-state index contributed by atoms with van der Waals surface area (Å²) in [5.41, 5.74) is 0. The Morgan fingerprint density at radius 2 is 1.25 bits per heavy atom. The van der Waals surface area contributed by atoms with Gasteiger partial charge in [0, 0.05) is 44.8 Å². The summed E-state index contributed by atoms with van der Waals surface area (Å²) in [6.45, 7) is 0. The van der Waals surface area contributed by atoms with Crippen LogP contribution in [0.5, 0.6) is 0 Å². The van der Waals surface area contributed by atoms with Crippen molar-refractivity contribution in [3.63, 3.8) is 0 Å². The molecule has 0 spiro atoms. The minimum absolute atomic E-state index is 0. The van der Waals surface area contributed by atoms with Crippen LogP contribution in [0.3, 0.4) is 0 Å². The molecule has 0 rings (SSSR count).